The Kier molecular flexibility index (Phi) is 5.69. The van der Waals surface area contributed by atoms with E-state index in [9.17, 15) is 0 Å². The number of hydrogen-bond acceptors (Lipinski definition) is 5. The molecule has 0 aliphatic carbocycles. The van der Waals surface area contributed by atoms with Crippen LogP contribution in [0.15, 0.2) is 6.33 Å². The van der Waals surface area contributed by atoms with Crippen LogP contribution in [-0.2, 0) is 11.2 Å². The average molecular weight is 239 g/mol. The lowest BCUT2D eigenvalue weighted by Gasteiger charge is -2.12. The van der Waals surface area contributed by atoms with E-state index in [1.54, 1.807) is 0 Å². The highest BCUT2D eigenvalue weighted by Crippen LogP contribution is 2.20. The Morgan fingerprint density at radius 1 is 1.29 bits per heavy atom. The van der Waals surface area contributed by atoms with E-state index in [1.807, 2.05) is 13.8 Å². The van der Waals surface area contributed by atoms with Gasteiger partial charge in [-0.2, -0.15) is 0 Å². The number of nitrogen functional groups attached to an aromatic ring is 1. The summed E-state index contributed by atoms with van der Waals surface area (Å²) in [5.41, 5.74) is 6.69. The molecule has 1 rings (SSSR count). The highest BCUT2D eigenvalue weighted by Gasteiger charge is 2.09. The van der Waals surface area contributed by atoms with Crippen molar-refractivity contribution in [1.82, 2.24) is 9.97 Å². The minimum Gasteiger partial charge on any atom is -0.475 e. The molecule has 0 aliphatic rings. The van der Waals surface area contributed by atoms with Crippen LogP contribution in [0, 0.1) is 0 Å². The number of ether oxygens (including phenoxy) is 2. The molecule has 0 saturated carbocycles. The van der Waals surface area contributed by atoms with Gasteiger partial charge in [0.05, 0.1) is 18.3 Å². The van der Waals surface area contributed by atoms with Gasteiger partial charge in [-0.15, -0.1) is 0 Å². The van der Waals surface area contributed by atoms with Gasteiger partial charge in [-0.25, -0.2) is 9.97 Å². The summed E-state index contributed by atoms with van der Waals surface area (Å²) in [4.78, 5) is 8.08. The molecule has 96 valence electrons. The van der Waals surface area contributed by atoms with Gasteiger partial charge in [-0.3, -0.25) is 0 Å². The predicted octanol–water partition coefficient (Wildman–Crippen LogP) is 1.82. The minimum atomic E-state index is 0.212. The molecule has 17 heavy (non-hydrogen) atoms. The van der Waals surface area contributed by atoms with Crippen molar-refractivity contribution in [2.45, 2.75) is 39.7 Å². The lowest BCUT2D eigenvalue weighted by Crippen LogP contribution is -2.13. The normalized spacial score (nSPS) is 10.8. The van der Waals surface area contributed by atoms with Gasteiger partial charge in [0.2, 0.25) is 5.88 Å². The molecule has 0 spiro atoms. The fourth-order valence-corrected chi connectivity index (χ4v) is 1.44. The van der Waals surface area contributed by atoms with Crippen molar-refractivity contribution >= 4 is 5.82 Å². The largest absolute Gasteiger partial charge is 0.475 e. The van der Waals surface area contributed by atoms with E-state index < -0.39 is 0 Å². The SMILES string of the molecule is CCCc1c(N)ncnc1OCCOC(C)C. The summed E-state index contributed by atoms with van der Waals surface area (Å²) in [7, 11) is 0. The molecule has 0 saturated heterocycles. The van der Waals surface area contributed by atoms with Crippen molar-refractivity contribution in [3.63, 3.8) is 0 Å². The van der Waals surface area contributed by atoms with Gasteiger partial charge in [0.1, 0.15) is 18.8 Å². The second kappa shape index (κ2) is 7.06. The van der Waals surface area contributed by atoms with Crippen LogP contribution in [0.25, 0.3) is 0 Å². The Labute approximate surface area is 102 Å². The van der Waals surface area contributed by atoms with Gasteiger partial charge < -0.3 is 15.2 Å². The highest BCUT2D eigenvalue weighted by atomic mass is 16.5. The average Bonchev–Trinajstić information content (AvgIpc) is 2.28. The highest BCUT2D eigenvalue weighted by molar-refractivity contribution is 5.44. The van der Waals surface area contributed by atoms with Crippen molar-refractivity contribution in [2.75, 3.05) is 18.9 Å². The fourth-order valence-electron chi connectivity index (χ4n) is 1.44. The van der Waals surface area contributed by atoms with Crippen LogP contribution in [0.3, 0.4) is 0 Å². The molecule has 0 fully saturated rings. The van der Waals surface area contributed by atoms with Crippen LogP contribution in [0.1, 0.15) is 32.8 Å². The smallest absolute Gasteiger partial charge is 0.221 e. The van der Waals surface area contributed by atoms with Gasteiger partial charge in [0.25, 0.3) is 0 Å². The summed E-state index contributed by atoms with van der Waals surface area (Å²) in [6.45, 7) is 7.09. The third kappa shape index (κ3) is 4.56. The number of anilines is 1. The Morgan fingerprint density at radius 2 is 2.06 bits per heavy atom. The van der Waals surface area contributed by atoms with E-state index in [0.717, 1.165) is 18.4 Å². The van der Waals surface area contributed by atoms with Crippen LogP contribution < -0.4 is 10.5 Å². The van der Waals surface area contributed by atoms with Crippen molar-refractivity contribution in [3.05, 3.63) is 11.9 Å². The van der Waals surface area contributed by atoms with Crippen LogP contribution in [0.4, 0.5) is 5.82 Å². The first-order valence-corrected chi connectivity index (χ1v) is 5.98. The van der Waals surface area contributed by atoms with E-state index in [1.165, 1.54) is 6.33 Å². The molecular weight excluding hydrogens is 218 g/mol. The van der Waals surface area contributed by atoms with Crippen LogP contribution in [-0.4, -0.2) is 29.3 Å². The zero-order valence-corrected chi connectivity index (χ0v) is 10.8. The zero-order valence-electron chi connectivity index (χ0n) is 10.8. The van der Waals surface area contributed by atoms with Crippen LogP contribution in [0.5, 0.6) is 5.88 Å². The Hall–Kier alpha value is -1.36. The second-order valence-corrected chi connectivity index (χ2v) is 4.06. The van der Waals surface area contributed by atoms with Gasteiger partial charge in [-0.05, 0) is 20.3 Å². The third-order valence-electron chi connectivity index (χ3n) is 2.21. The van der Waals surface area contributed by atoms with Crippen molar-refractivity contribution in [1.29, 1.82) is 0 Å². The minimum absolute atomic E-state index is 0.212. The van der Waals surface area contributed by atoms with E-state index in [-0.39, 0.29) is 6.10 Å². The van der Waals surface area contributed by atoms with E-state index in [0.29, 0.717) is 24.9 Å². The Bertz CT molecular complexity index is 343. The summed E-state index contributed by atoms with van der Waals surface area (Å²) in [5.74, 6) is 1.08. The van der Waals surface area contributed by atoms with Crippen LogP contribution in [0.2, 0.25) is 0 Å². The second-order valence-electron chi connectivity index (χ2n) is 4.06. The molecule has 2 N–H and O–H groups in total. The summed E-state index contributed by atoms with van der Waals surface area (Å²) >= 11 is 0. The van der Waals surface area contributed by atoms with Crippen molar-refractivity contribution < 1.29 is 9.47 Å². The molecule has 0 aliphatic heterocycles. The monoisotopic (exact) mass is 239 g/mol. The molecule has 1 heterocycles. The number of rotatable bonds is 7. The number of aromatic nitrogens is 2. The first-order chi connectivity index (χ1) is 8.15. The van der Waals surface area contributed by atoms with E-state index in [4.69, 9.17) is 15.2 Å². The summed E-state index contributed by atoms with van der Waals surface area (Å²) < 4.78 is 11.0. The fraction of sp³-hybridized carbons (Fsp3) is 0.667. The Balaban J connectivity index is 2.54. The molecular formula is C12H21N3O2. The lowest BCUT2D eigenvalue weighted by molar-refractivity contribution is 0.0540. The molecule has 5 heteroatoms. The van der Waals surface area contributed by atoms with Crippen LogP contribution >= 0.6 is 0 Å². The molecule has 0 bridgehead atoms. The Morgan fingerprint density at radius 3 is 2.71 bits per heavy atom. The summed E-state index contributed by atoms with van der Waals surface area (Å²) in [6, 6.07) is 0. The number of nitrogens with zero attached hydrogens (tertiary/aromatic N) is 2. The molecule has 0 radical (unpaired) electrons. The quantitative estimate of drug-likeness (QED) is 0.735. The maximum absolute atomic E-state index is 5.80. The molecule has 0 aromatic carbocycles. The van der Waals surface area contributed by atoms with Crippen molar-refractivity contribution in [2.24, 2.45) is 0 Å². The lowest BCUT2D eigenvalue weighted by atomic mass is 10.2. The van der Waals surface area contributed by atoms with E-state index >= 15 is 0 Å². The summed E-state index contributed by atoms with van der Waals surface area (Å²) in [5, 5.41) is 0. The maximum atomic E-state index is 5.80. The van der Waals surface area contributed by atoms with Crippen molar-refractivity contribution in [3.8, 4) is 5.88 Å². The number of nitrogens with two attached hydrogens (primary N) is 1. The molecule has 5 nitrogen and oxygen atoms in total. The van der Waals surface area contributed by atoms with Gasteiger partial charge >= 0.3 is 0 Å². The zero-order chi connectivity index (χ0) is 12.7. The molecule has 0 unspecified atom stereocenters. The topological polar surface area (TPSA) is 70.3 Å². The molecule has 0 atom stereocenters. The first-order valence-electron chi connectivity index (χ1n) is 5.98. The molecule has 0 amide bonds. The molecule has 1 aromatic heterocycles. The predicted molar refractivity (Wildman–Crippen MR) is 67.0 cm³/mol. The number of hydrogen-bond donors (Lipinski definition) is 1. The first kappa shape index (κ1) is 13.7. The maximum Gasteiger partial charge on any atom is 0.221 e. The van der Waals surface area contributed by atoms with Gasteiger partial charge in [-0.1, -0.05) is 13.3 Å². The molecule has 1 aromatic rings. The van der Waals surface area contributed by atoms with E-state index in [2.05, 4.69) is 16.9 Å². The summed E-state index contributed by atoms with van der Waals surface area (Å²) in [6.07, 6.45) is 3.44. The van der Waals surface area contributed by atoms with Gasteiger partial charge in [0, 0.05) is 0 Å². The third-order valence-corrected chi connectivity index (χ3v) is 2.21. The van der Waals surface area contributed by atoms with Gasteiger partial charge in [0.15, 0.2) is 0 Å². The standard InChI is InChI=1S/C12H21N3O2/c1-4-5-10-11(13)14-8-15-12(10)17-7-6-16-9(2)3/h8-9H,4-7H2,1-3H3,(H2,13,14,15).